The van der Waals surface area contributed by atoms with E-state index in [0.717, 1.165) is 38.3 Å². The van der Waals surface area contributed by atoms with Crippen molar-refractivity contribution in [1.29, 1.82) is 0 Å². The molecule has 7 atom stereocenters. The lowest BCUT2D eigenvalue weighted by Crippen LogP contribution is -2.42. The van der Waals surface area contributed by atoms with Gasteiger partial charge in [0.05, 0.1) is 28.1 Å². The molecule has 2 N–H and O–H groups in total. The number of alkyl halides is 3. The van der Waals surface area contributed by atoms with Gasteiger partial charge < -0.3 is 10.1 Å². The number of para-hydroxylation sites is 1. The largest absolute Gasteiger partial charge is 0.508 e. The number of hydrogen-bond donors (Lipinski definition) is 2. The molecule has 190 valence electrons. The number of amides is 2. The molecule has 2 aromatic carbocycles. The highest BCUT2D eigenvalue weighted by Crippen LogP contribution is 2.69. The SMILES string of the molecule is O=C1[C@@H]2[C@H]3C[C@@H]([C@@H]2C(=O)N1c1cccc(C(F)(F)F)c1)[C@@H]1[C@H](c2ccccc2O)c2sc(=O)[nH]c2S[C@H]31. The van der Waals surface area contributed by atoms with E-state index in [2.05, 4.69) is 4.98 Å². The average Bonchev–Trinajstić information content (AvgIpc) is 3.58. The molecule has 2 saturated carbocycles. The maximum atomic E-state index is 13.7. The molecule has 2 amide bonds. The summed E-state index contributed by atoms with van der Waals surface area (Å²) in [7, 11) is 0. The molecule has 1 saturated heterocycles. The number of fused-ring (bicyclic) bond motifs is 9. The van der Waals surface area contributed by atoms with Crippen LogP contribution in [0.2, 0.25) is 0 Å². The molecular weight excluding hydrogens is 525 g/mol. The van der Waals surface area contributed by atoms with Gasteiger partial charge in [-0.25, -0.2) is 0 Å². The Bertz CT molecular complexity index is 1530. The van der Waals surface area contributed by atoms with E-state index in [0.29, 0.717) is 12.0 Å². The predicted octanol–water partition coefficient (Wildman–Crippen LogP) is 4.84. The Morgan fingerprint density at radius 1 is 0.973 bits per heavy atom. The number of imide groups is 1. The number of anilines is 1. The topological polar surface area (TPSA) is 90.5 Å². The summed E-state index contributed by atoms with van der Waals surface area (Å²) in [5.74, 6) is -2.87. The van der Waals surface area contributed by atoms with E-state index in [4.69, 9.17) is 0 Å². The summed E-state index contributed by atoms with van der Waals surface area (Å²) in [6.45, 7) is 0. The van der Waals surface area contributed by atoms with Crippen molar-refractivity contribution < 1.29 is 27.9 Å². The van der Waals surface area contributed by atoms with Crippen LogP contribution in [0, 0.1) is 29.6 Å². The summed E-state index contributed by atoms with van der Waals surface area (Å²) in [5.41, 5.74) is -0.303. The van der Waals surface area contributed by atoms with Gasteiger partial charge in [0, 0.05) is 21.6 Å². The monoisotopic (exact) mass is 544 g/mol. The zero-order valence-electron chi connectivity index (χ0n) is 18.9. The van der Waals surface area contributed by atoms with Crippen molar-refractivity contribution in [1.82, 2.24) is 4.98 Å². The highest BCUT2D eigenvalue weighted by Gasteiger charge is 2.69. The van der Waals surface area contributed by atoms with E-state index >= 15 is 0 Å². The van der Waals surface area contributed by atoms with Crippen molar-refractivity contribution in [2.24, 2.45) is 29.6 Å². The zero-order chi connectivity index (χ0) is 25.8. The minimum Gasteiger partial charge on any atom is -0.508 e. The predicted molar refractivity (Wildman–Crippen MR) is 131 cm³/mol. The summed E-state index contributed by atoms with van der Waals surface area (Å²) in [5, 5.41) is 11.4. The Morgan fingerprint density at radius 2 is 1.70 bits per heavy atom. The van der Waals surface area contributed by atoms with Crippen LogP contribution in [0.15, 0.2) is 58.4 Å². The standard InChI is InChI=1S/C26H19F3N2O4S2/c27-26(28,29)10-4-3-5-11(8-10)31-23(33)18-13-9-14(19(18)24(31)34)20-17(13)16(12-6-1-2-7-15(12)32)21-22(36-20)30-25(35)37-21/h1-8,13-14,16-20,32H,9H2,(H,30,35)/t13-,14-,16+,17-,18+,19-,20-/m1/s1. The number of phenols is 1. The van der Waals surface area contributed by atoms with Gasteiger partial charge in [-0.3, -0.25) is 19.3 Å². The number of aromatic hydroxyl groups is 1. The van der Waals surface area contributed by atoms with Crippen LogP contribution in [-0.2, 0) is 15.8 Å². The number of nitrogens with one attached hydrogen (secondary N) is 1. The summed E-state index contributed by atoms with van der Waals surface area (Å²) in [6, 6.07) is 11.3. The Balaban J connectivity index is 1.31. The Hall–Kier alpha value is -3.05. The maximum Gasteiger partial charge on any atom is 0.416 e. The van der Waals surface area contributed by atoms with E-state index in [-0.39, 0.29) is 45.2 Å². The first-order valence-electron chi connectivity index (χ1n) is 11.9. The third-order valence-corrected chi connectivity index (χ3v) is 11.0. The lowest BCUT2D eigenvalue weighted by Gasteiger charge is -2.43. The van der Waals surface area contributed by atoms with Crippen LogP contribution >= 0.6 is 23.1 Å². The van der Waals surface area contributed by atoms with E-state index < -0.39 is 35.4 Å². The molecule has 2 bridgehead atoms. The molecule has 6 nitrogen and oxygen atoms in total. The van der Waals surface area contributed by atoms with Crippen LogP contribution in [-0.4, -0.2) is 27.2 Å². The van der Waals surface area contributed by atoms with Gasteiger partial charge in [0.1, 0.15) is 5.75 Å². The van der Waals surface area contributed by atoms with Gasteiger partial charge in [-0.05, 0) is 48.4 Å². The Morgan fingerprint density at radius 3 is 2.43 bits per heavy atom. The van der Waals surface area contributed by atoms with Crippen LogP contribution in [0.25, 0.3) is 0 Å². The summed E-state index contributed by atoms with van der Waals surface area (Å²) in [6.07, 6.45) is -3.95. The molecule has 0 radical (unpaired) electrons. The van der Waals surface area contributed by atoms with Crippen molar-refractivity contribution in [2.75, 3.05) is 4.90 Å². The van der Waals surface area contributed by atoms with Crippen molar-refractivity contribution in [3.05, 3.63) is 74.2 Å². The highest BCUT2D eigenvalue weighted by atomic mass is 32.2. The van der Waals surface area contributed by atoms with Gasteiger partial charge in [-0.2, -0.15) is 13.2 Å². The number of thiazole rings is 1. The Kier molecular flexibility index (Phi) is 4.83. The molecule has 0 unspecified atom stereocenters. The molecule has 2 aliphatic heterocycles. The highest BCUT2D eigenvalue weighted by molar-refractivity contribution is 8.00. The first kappa shape index (κ1) is 23.1. The van der Waals surface area contributed by atoms with Gasteiger partial charge in [-0.15, -0.1) is 11.8 Å². The van der Waals surface area contributed by atoms with Gasteiger partial charge in [0.2, 0.25) is 11.8 Å². The quantitative estimate of drug-likeness (QED) is 0.451. The van der Waals surface area contributed by atoms with Gasteiger partial charge in [0.15, 0.2) is 0 Å². The normalized spacial score (nSPS) is 32.0. The van der Waals surface area contributed by atoms with E-state index in [9.17, 15) is 32.7 Å². The molecule has 11 heteroatoms. The number of phenolic OH excluding ortho intramolecular Hbond substituents is 1. The van der Waals surface area contributed by atoms with Crippen molar-refractivity contribution in [2.45, 2.75) is 28.8 Å². The van der Waals surface area contributed by atoms with Crippen LogP contribution in [0.4, 0.5) is 18.9 Å². The van der Waals surface area contributed by atoms with Crippen molar-refractivity contribution >= 4 is 40.6 Å². The molecule has 0 spiro atoms. The van der Waals surface area contributed by atoms with E-state index in [1.165, 1.54) is 23.9 Å². The fourth-order valence-electron chi connectivity index (χ4n) is 7.19. The average molecular weight is 545 g/mol. The second-order valence-corrected chi connectivity index (χ2v) is 12.3. The van der Waals surface area contributed by atoms with Crippen molar-refractivity contribution in [3.63, 3.8) is 0 Å². The molecule has 3 fully saturated rings. The molecule has 7 rings (SSSR count). The van der Waals surface area contributed by atoms with Crippen LogP contribution < -0.4 is 9.77 Å². The third kappa shape index (κ3) is 3.16. The van der Waals surface area contributed by atoms with Crippen LogP contribution in [0.1, 0.15) is 28.3 Å². The molecule has 1 aromatic heterocycles. The second kappa shape index (κ2) is 7.73. The maximum absolute atomic E-state index is 13.7. The zero-order valence-corrected chi connectivity index (χ0v) is 20.6. The number of aromatic nitrogens is 1. The molecule has 2 aliphatic carbocycles. The summed E-state index contributed by atoms with van der Waals surface area (Å²) in [4.78, 5) is 44.1. The van der Waals surface area contributed by atoms with Crippen molar-refractivity contribution in [3.8, 4) is 5.75 Å². The fourth-order valence-corrected chi connectivity index (χ4v) is 10.1. The summed E-state index contributed by atoms with van der Waals surface area (Å²) >= 11 is 2.61. The first-order chi connectivity index (χ1) is 17.6. The number of benzene rings is 2. The number of halogens is 3. The molecule has 3 aromatic rings. The molecule has 3 heterocycles. The smallest absolute Gasteiger partial charge is 0.416 e. The molecular formula is C26H19F3N2O4S2. The van der Waals surface area contributed by atoms with E-state index in [1.807, 2.05) is 12.1 Å². The van der Waals surface area contributed by atoms with Crippen LogP contribution in [0.3, 0.4) is 0 Å². The second-order valence-electron chi connectivity index (χ2n) is 10.1. The first-order valence-corrected chi connectivity index (χ1v) is 13.6. The minimum atomic E-state index is -4.60. The number of H-pyrrole nitrogens is 1. The number of carbonyl (C=O) groups is 2. The number of carbonyl (C=O) groups excluding carboxylic acids is 2. The van der Waals surface area contributed by atoms with E-state index in [1.54, 1.807) is 12.1 Å². The third-order valence-electron chi connectivity index (χ3n) is 8.43. The number of thioether (sulfide) groups is 1. The lowest BCUT2D eigenvalue weighted by atomic mass is 9.68. The fraction of sp³-hybridized carbons (Fsp3) is 0.346. The van der Waals surface area contributed by atoms with Gasteiger partial charge >= 0.3 is 11.0 Å². The van der Waals surface area contributed by atoms with Gasteiger partial charge in [0.25, 0.3) is 0 Å². The lowest BCUT2D eigenvalue weighted by molar-refractivity contribution is -0.137. The Labute approximate surface area is 216 Å². The number of nitrogens with zero attached hydrogens (tertiary/aromatic N) is 1. The molecule has 4 aliphatic rings. The number of rotatable bonds is 2. The summed E-state index contributed by atoms with van der Waals surface area (Å²) < 4.78 is 40.0. The number of hydrogen-bond acceptors (Lipinski definition) is 6. The molecule has 37 heavy (non-hydrogen) atoms. The minimum absolute atomic E-state index is 0.0602. The number of aromatic amines is 1. The van der Waals surface area contributed by atoms with Gasteiger partial charge in [-0.1, -0.05) is 35.6 Å². The van der Waals surface area contributed by atoms with Crippen LogP contribution in [0.5, 0.6) is 5.75 Å².